The van der Waals surface area contributed by atoms with E-state index < -0.39 is 0 Å². The van der Waals surface area contributed by atoms with Gasteiger partial charge in [0.25, 0.3) is 5.91 Å². The minimum absolute atomic E-state index is 0.0468. The van der Waals surface area contributed by atoms with Gasteiger partial charge in [-0.05, 0) is 49.2 Å². The summed E-state index contributed by atoms with van der Waals surface area (Å²) < 4.78 is 5.15. The molecule has 0 spiro atoms. The number of nitrogens with zero attached hydrogens (tertiary/aromatic N) is 3. The number of pyridine rings is 1. The van der Waals surface area contributed by atoms with Crippen molar-refractivity contribution in [1.29, 1.82) is 0 Å². The lowest BCUT2D eigenvalue weighted by Gasteiger charge is -2.38. The summed E-state index contributed by atoms with van der Waals surface area (Å²) in [5.74, 6) is 1.78. The Hall–Kier alpha value is -2.56. The molecule has 0 radical (unpaired) electrons. The summed E-state index contributed by atoms with van der Waals surface area (Å²) in [5.41, 5.74) is 0.688. The van der Waals surface area contributed by atoms with E-state index in [0.717, 1.165) is 37.5 Å². The van der Waals surface area contributed by atoms with Crippen molar-refractivity contribution in [2.45, 2.75) is 18.9 Å². The highest BCUT2D eigenvalue weighted by Gasteiger charge is 2.27. The van der Waals surface area contributed by atoms with Crippen LogP contribution in [0.1, 0.15) is 23.2 Å². The summed E-state index contributed by atoms with van der Waals surface area (Å²) in [7, 11) is 3.51. The second kappa shape index (κ2) is 7.34. The highest BCUT2D eigenvalue weighted by atomic mass is 16.5. The number of carbonyl (C=O) groups excluding carboxylic acids is 1. The molecule has 1 aromatic heterocycles. The van der Waals surface area contributed by atoms with E-state index in [1.165, 1.54) is 0 Å². The van der Waals surface area contributed by atoms with Crippen molar-refractivity contribution < 1.29 is 9.53 Å². The van der Waals surface area contributed by atoms with Crippen LogP contribution in [0.3, 0.4) is 0 Å². The number of aromatic nitrogens is 1. The van der Waals surface area contributed by atoms with Crippen molar-refractivity contribution >= 4 is 11.7 Å². The Bertz CT molecular complexity index is 673. The molecule has 5 heteroatoms. The molecule has 0 saturated carbocycles. The molecule has 0 aliphatic carbocycles. The molecular formula is C19H23N3O2. The quantitative estimate of drug-likeness (QED) is 0.867. The number of methoxy groups -OCH3 is 1. The maximum atomic E-state index is 12.7. The van der Waals surface area contributed by atoms with E-state index in [9.17, 15) is 4.79 Å². The summed E-state index contributed by atoms with van der Waals surface area (Å²) in [6, 6.07) is 13.4. The molecule has 1 atom stereocenters. The average molecular weight is 325 g/mol. The number of hydrogen-bond acceptors (Lipinski definition) is 4. The average Bonchev–Trinajstić information content (AvgIpc) is 2.67. The smallest absolute Gasteiger partial charge is 0.253 e. The van der Waals surface area contributed by atoms with Crippen molar-refractivity contribution in [2.75, 3.05) is 32.1 Å². The molecule has 1 aliphatic rings. The zero-order valence-electron chi connectivity index (χ0n) is 14.2. The largest absolute Gasteiger partial charge is 0.497 e. The Morgan fingerprint density at radius 3 is 2.71 bits per heavy atom. The van der Waals surface area contributed by atoms with Crippen LogP contribution in [0.2, 0.25) is 0 Å². The lowest BCUT2D eigenvalue weighted by molar-refractivity contribution is 0.0717. The number of rotatable bonds is 4. The van der Waals surface area contributed by atoms with E-state index in [4.69, 9.17) is 4.74 Å². The Balaban J connectivity index is 1.69. The van der Waals surface area contributed by atoms with Crippen molar-refractivity contribution in [3.8, 4) is 5.75 Å². The summed E-state index contributed by atoms with van der Waals surface area (Å²) in [5, 5.41) is 0. The van der Waals surface area contributed by atoms with Gasteiger partial charge in [0.1, 0.15) is 11.6 Å². The first kappa shape index (κ1) is 16.3. The maximum absolute atomic E-state index is 12.7. The van der Waals surface area contributed by atoms with Crippen LogP contribution in [0.15, 0.2) is 48.7 Å². The second-order valence-electron chi connectivity index (χ2n) is 6.07. The second-order valence-corrected chi connectivity index (χ2v) is 6.07. The molecule has 1 aliphatic heterocycles. The Kier molecular flexibility index (Phi) is 4.99. The van der Waals surface area contributed by atoms with Gasteiger partial charge in [-0.25, -0.2) is 4.98 Å². The first-order valence-corrected chi connectivity index (χ1v) is 8.26. The number of likely N-dealkylation sites (N-methyl/N-ethyl adjacent to an activating group) is 1. The zero-order chi connectivity index (χ0) is 16.9. The van der Waals surface area contributed by atoms with Gasteiger partial charge in [-0.2, -0.15) is 0 Å². The van der Waals surface area contributed by atoms with Gasteiger partial charge in [-0.15, -0.1) is 0 Å². The topological polar surface area (TPSA) is 45.7 Å². The molecule has 0 unspecified atom stereocenters. The molecule has 2 aromatic rings. The van der Waals surface area contributed by atoms with E-state index in [0.29, 0.717) is 5.56 Å². The van der Waals surface area contributed by atoms with E-state index in [1.54, 1.807) is 7.11 Å². The summed E-state index contributed by atoms with van der Waals surface area (Å²) in [4.78, 5) is 21.3. The standard InChI is InChI=1S/C19H23N3O2/c1-21(19(23)15-8-10-17(24-2)11-9-15)16-6-5-13-22(14-16)18-7-3-4-12-20-18/h3-4,7-12,16H,5-6,13-14H2,1-2H3/t16-/m1/s1. The van der Waals surface area contributed by atoms with Crippen LogP contribution in [0, 0.1) is 0 Å². The molecule has 126 valence electrons. The number of anilines is 1. The van der Waals surface area contributed by atoms with Gasteiger partial charge in [0.05, 0.1) is 7.11 Å². The van der Waals surface area contributed by atoms with Crippen LogP contribution in [0.25, 0.3) is 0 Å². The van der Waals surface area contributed by atoms with Crippen molar-refractivity contribution in [2.24, 2.45) is 0 Å². The Morgan fingerprint density at radius 1 is 1.25 bits per heavy atom. The molecule has 0 bridgehead atoms. The van der Waals surface area contributed by atoms with Gasteiger partial charge in [0.15, 0.2) is 0 Å². The van der Waals surface area contributed by atoms with E-state index in [-0.39, 0.29) is 11.9 Å². The van der Waals surface area contributed by atoms with E-state index in [2.05, 4.69) is 9.88 Å². The van der Waals surface area contributed by atoms with Crippen molar-refractivity contribution in [1.82, 2.24) is 9.88 Å². The van der Waals surface area contributed by atoms with Gasteiger partial charge in [-0.3, -0.25) is 4.79 Å². The summed E-state index contributed by atoms with van der Waals surface area (Å²) in [6.45, 7) is 1.80. The molecule has 1 amide bonds. The first-order valence-electron chi connectivity index (χ1n) is 8.26. The SMILES string of the molecule is COc1ccc(C(=O)N(C)[C@@H]2CCCN(c3ccccn3)C2)cc1. The third kappa shape index (κ3) is 3.50. The fourth-order valence-electron chi connectivity index (χ4n) is 3.12. The highest BCUT2D eigenvalue weighted by Crippen LogP contribution is 2.21. The molecule has 1 fully saturated rings. The summed E-state index contributed by atoms with van der Waals surface area (Å²) >= 11 is 0. The summed E-state index contributed by atoms with van der Waals surface area (Å²) in [6.07, 6.45) is 3.88. The zero-order valence-corrected chi connectivity index (χ0v) is 14.2. The predicted octanol–water partition coefficient (Wildman–Crippen LogP) is 2.83. The van der Waals surface area contributed by atoms with E-state index in [1.807, 2.05) is 60.6 Å². The number of benzene rings is 1. The van der Waals surface area contributed by atoms with Crippen LogP contribution >= 0.6 is 0 Å². The maximum Gasteiger partial charge on any atom is 0.253 e. The first-order chi connectivity index (χ1) is 11.7. The van der Waals surface area contributed by atoms with Crippen LogP contribution in [0.4, 0.5) is 5.82 Å². The van der Waals surface area contributed by atoms with Crippen molar-refractivity contribution in [3.05, 3.63) is 54.2 Å². The molecule has 0 N–H and O–H groups in total. The Labute approximate surface area is 142 Å². The molecule has 5 nitrogen and oxygen atoms in total. The normalized spacial score (nSPS) is 17.4. The lowest BCUT2D eigenvalue weighted by atomic mass is 10.0. The number of carbonyl (C=O) groups is 1. The third-order valence-corrected chi connectivity index (χ3v) is 4.57. The van der Waals surface area contributed by atoms with E-state index >= 15 is 0 Å². The van der Waals surface area contributed by atoms with Gasteiger partial charge < -0.3 is 14.5 Å². The molecule has 1 aromatic carbocycles. The van der Waals surface area contributed by atoms with Crippen molar-refractivity contribution in [3.63, 3.8) is 0 Å². The minimum Gasteiger partial charge on any atom is -0.497 e. The molecule has 3 rings (SSSR count). The van der Waals surface area contributed by atoms with Crippen LogP contribution in [-0.2, 0) is 0 Å². The lowest BCUT2D eigenvalue weighted by Crippen LogP contribution is -2.48. The molecule has 2 heterocycles. The van der Waals surface area contributed by atoms with Gasteiger partial charge in [0, 0.05) is 37.9 Å². The third-order valence-electron chi connectivity index (χ3n) is 4.57. The molecule has 24 heavy (non-hydrogen) atoms. The number of hydrogen-bond donors (Lipinski definition) is 0. The predicted molar refractivity (Wildman–Crippen MR) is 94.6 cm³/mol. The van der Waals surface area contributed by atoms with Gasteiger partial charge >= 0.3 is 0 Å². The van der Waals surface area contributed by atoms with Crippen LogP contribution in [0.5, 0.6) is 5.75 Å². The molecule has 1 saturated heterocycles. The monoisotopic (exact) mass is 325 g/mol. The number of piperidine rings is 1. The van der Waals surface area contributed by atoms with Crippen LogP contribution in [-0.4, -0.2) is 49.1 Å². The Morgan fingerprint density at radius 2 is 2.04 bits per heavy atom. The van der Waals surface area contributed by atoms with Crippen LogP contribution < -0.4 is 9.64 Å². The van der Waals surface area contributed by atoms with Gasteiger partial charge in [0.2, 0.25) is 0 Å². The highest BCUT2D eigenvalue weighted by molar-refractivity contribution is 5.94. The number of ether oxygens (including phenoxy) is 1. The van der Waals surface area contributed by atoms with Gasteiger partial charge in [-0.1, -0.05) is 6.07 Å². The minimum atomic E-state index is 0.0468. The molecular weight excluding hydrogens is 302 g/mol. The fourth-order valence-corrected chi connectivity index (χ4v) is 3.12. The fraction of sp³-hybridized carbons (Fsp3) is 0.368. The number of amides is 1.